The van der Waals surface area contributed by atoms with E-state index in [-0.39, 0.29) is 17.6 Å². The van der Waals surface area contributed by atoms with Gasteiger partial charge < -0.3 is 0 Å². The molecule has 35 heavy (non-hydrogen) atoms. The van der Waals surface area contributed by atoms with E-state index in [1.54, 1.807) is 24.3 Å². The zero-order chi connectivity index (χ0) is 24.8. The van der Waals surface area contributed by atoms with Crippen molar-refractivity contribution in [2.45, 2.75) is 14.4 Å². The van der Waals surface area contributed by atoms with E-state index in [0.29, 0.717) is 44.8 Å². The standard InChI is InChI=1S/C20H13BrCl2N6O2S4/c21-12-4-2-1-3-11(12)16(31)25-18-27-29-20(35-18)33-9-15(30)24-17-26-28-19(34-17)32-8-10-5-6-13(22)14(23)7-10/h1-7H,8-9H2,(H,24,26,30)(H,25,27,31). The molecular formula is C20H13BrCl2N6O2S4. The summed E-state index contributed by atoms with van der Waals surface area (Å²) in [5, 5.41) is 23.3. The van der Waals surface area contributed by atoms with Gasteiger partial charge in [0.05, 0.1) is 21.4 Å². The number of rotatable bonds is 9. The molecule has 2 heterocycles. The zero-order valence-corrected chi connectivity index (χ0v) is 23.7. The van der Waals surface area contributed by atoms with Crippen molar-refractivity contribution in [3.63, 3.8) is 0 Å². The van der Waals surface area contributed by atoms with Crippen molar-refractivity contribution in [3.8, 4) is 0 Å². The molecule has 2 aromatic heterocycles. The second-order valence-corrected chi connectivity index (χ2v) is 12.6. The number of carbonyl (C=O) groups excluding carboxylic acids is 2. The summed E-state index contributed by atoms with van der Waals surface area (Å²) >= 11 is 20.5. The molecule has 4 aromatic rings. The van der Waals surface area contributed by atoms with Crippen LogP contribution in [0.2, 0.25) is 10.0 Å². The highest BCUT2D eigenvalue weighted by Gasteiger charge is 2.15. The molecular weight excluding hydrogens is 635 g/mol. The largest absolute Gasteiger partial charge is 0.300 e. The average Bonchev–Trinajstić information content (AvgIpc) is 3.48. The van der Waals surface area contributed by atoms with E-state index < -0.39 is 0 Å². The van der Waals surface area contributed by atoms with Gasteiger partial charge in [-0.25, -0.2) is 0 Å². The van der Waals surface area contributed by atoms with Crippen molar-refractivity contribution in [3.05, 3.63) is 68.1 Å². The fourth-order valence-electron chi connectivity index (χ4n) is 2.50. The number of aromatic nitrogens is 4. The van der Waals surface area contributed by atoms with Gasteiger partial charge in [-0.2, -0.15) is 0 Å². The molecule has 0 saturated heterocycles. The molecule has 0 aliphatic heterocycles. The molecule has 2 amide bonds. The molecule has 0 aliphatic carbocycles. The van der Waals surface area contributed by atoms with Crippen molar-refractivity contribution in [2.75, 3.05) is 16.4 Å². The summed E-state index contributed by atoms with van der Waals surface area (Å²) in [6.07, 6.45) is 0. The Morgan fingerprint density at radius 1 is 0.886 bits per heavy atom. The van der Waals surface area contributed by atoms with Crippen molar-refractivity contribution >= 4 is 107 Å². The Hall–Kier alpha value is -1.74. The first-order chi connectivity index (χ1) is 16.9. The van der Waals surface area contributed by atoms with Crippen LogP contribution in [0.5, 0.6) is 0 Å². The Balaban J connectivity index is 1.23. The van der Waals surface area contributed by atoms with Crippen LogP contribution in [0.1, 0.15) is 15.9 Å². The summed E-state index contributed by atoms with van der Waals surface area (Å²) in [7, 11) is 0. The molecule has 0 saturated carbocycles. The Bertz CT molecular complexity index is 1370. The monoisotopic (exact) mass is 646 g/mol. The van der Waals surface area contributed by atoms with Crippen LogP contribution in [0.3, 0.4) is 0 Å². The van der Waals surface area contributed by atoms with Gasteiger partial charge in [0.25, 0.3) is 5.91 Å². The number of hydrogen-bond donors (Lipinski definition) is 2. The maximum atomic E-state index is 12.4. The van der Waals surface area contributed by atoms with Crippen LogP contribution < -0.4 is 10.6 Å². The molecule has 0 fully saturated rings. The molecule has 0 spiro atoms. The summed E-state index contributed by atoms with van der Waals surface area (Å²) in [5.41, 5.74) is 1.49. The molecule has 0 radical (unpaired) electrons. The molecule has 180 valence electrons. The van der Waals surface area contributed by atoms with Gasteiger partial charge in [-0.15, -0.1) is 20.4 Å². The lowest BCUT2D eigenvalue weighted by atomic mass is 10.2. The topological polar surface area (TPSA) is 110 Å². The summed E-state index contributed by atoms with van der Waals surface area (Å²) < 4.78 is 1.95. The Morgan fingerprint density at radius 3 is 2.29 bits per heavy atom. The highest BCUT2D eigenvalue weighted by Crippen LogP contribution is 2.31. The third-order valence-corrected chi connectivity index (χ3v) is 9.52. The Morgan fingerprint density at radius 2 is 1.57 bits per heavy atom. The minimum Gasteiger partial charge on any atom is -0.300 e. The van der Waals surface area contributed by atoms with E-state index in [9.17, 15) is 9.59 Å². The number of amides is 2. The lowest BCUT2D eigenvalue weighted by Gasteiger charge is -2.02. The minimum absolute atomic E-state index is 0.109. The maximum Gasteiger partial charge on any atom is 0.258 e. The fourth-order valence-corrected chi connectivity index (χ4v) is 6.55. The van der Waals surface area contributed by atoms with Crippen LogP contribution in [0.25, 0.3) is 0 Å². The Kier molecular flexibility index (Phi) is 9.39. The molecule has 15 heteroatoms. The second-order valence-electron chi connectivity index (χ2n) is 6.55. The third kappa shape index (κ3) is 7.62. The van der Waals surface area contributed by atoms with E-state index in [0.717, 1.165) is 5.56 Å². The fraction of sp³-hybridized carbons (Fsp3) is 0.100. The number of carbonyl (C=O) groups is 2. The number of benzene rings is 2. The number of thioether (sulfide) groups is 2. The van der Waals surface area contributed by atoms with Crippen LogP contribution in [0.4, 0.5) is 10.3 Å². The van der Waals surface area contributed by atoms with E-state index in [2.05, 4.69) is 47.0 Å². The number of nitrogens with zero attached hydrogens (tertiary/aromatic N) is 4. The highest BCUT2D eigenvalue weighted by molar-refractivity contribution is 9.10. The van der Waals surface area contributed by atoms with Crippen molar-refractivity contribution in [1.29, 1.82) is 0 Å². The van der Waals surface area contributed by atoms with Gasteiger partial charge in [0.1, 0.15) is 0 Å². The van der Waals surface area contributed by atoms with Gasteiger partial charge in [0.2, 0.25) is 16.2 Å². The number of anilines is 2. The molecule has 0 unspecified atom stereocenters. The molecule has 8 nitrogen and oxygen atoms in total. The third-order valence-electron chi connectivity index (χ3n) is 4.07. The van der Waals surface area contributed by atoms with Gasteiger partial charge in [-0.1, -0.05) is 87.6 Å². The number of hydrogen-bond acceptors (Lipinski definition) is 10. The lowest BCUT2D eigenvalue weighted by molar-refractivity contribution is -0.113. The smallest absolute Gasteiger partial charge is 0.258 e. The first-order valence-electron chi connectivity index (χ1n) is 9.59. The summed E-state index contributed by atoms with van der Waals surface area (Å²) in [5.74, 6) is 0.207. The second kappa shape index (κ2) is 12.5. The van der Waals surface area contributed by atoms with Gasteiger partial charge in [0, 0.05) is 10.2 Å². The molecule has 0 aliphatic rings. The predicted octanol–water partition coefficient (Wildman–Crippen LogP) is 6.73. The van der Waals surface area contributed by atoms with Crippen molar-refractivity contribution in [1.82, 2.24) is 20.4 Å². The summed E-state index contributed by atoms with van der Waals surface area (Å²) in [4.78, 5) is 24.7. The van der Waals surface area contributed by atoms with Crippen LogP contribution >= 0.6 is 85.3 Å². The summed E-state index contributed by atoms with van der Waals surface area (Å²) in [6, 6.07) is 12.5. The maximum absolute atomic E-state index is 12.4. The molecule has 2 aromatic carbocycles. The quantitative estimate of drug-likeness (QED) is 0.152. The highest BCUT2D eigenvalue weighted by atomic mass is 79.9. The SMILES string of the molecule is O=C(CSc1nnc(NC(=O)c2ccccc2Br)s1)Nc1nnc(SCc2ccc(Cl)c(Cl)c2)s1. The minimum atomic E-state index is -0.299. The van der Waals surface area contributed by atoms with Crippen LogP contribution in [-0.4, -0.2) is 38.0 Å². The van der Waals surface area contributed by atoms with E-state index in [1.165, 1.54) is 46.2 Å². The van der Waals surface area contributed by atoms with Gasteiger partial charge >= 0.3 is 0 Å². The zero-order valence-electron chi connectivity index (χ0n) is 17.3. The van der Waals surface area contributed by atoms with Crippen LogP contribution in [0.15, 0.2) is 55.6 Å². The first kappa shape index (κ1) is 26.3. The van der Waals surface area contributed by atoms with E-state index in [4.69, 9.17) is 23.2 Å². The van der Waals surface area contributed by atoms with Crippen molar-refractivity contribution < 1.29 is 9.59 Å². The van der Waals surface area contributed by atoms with Gasteiger partial charge in [-0.05, 0) is 45.8 Å². The number of halogens is 3. The van der Waals surface area contributed by atoms with Crippen LogP contribution in [0, 0.1) is 0 Å². The summed E-state index contributed by atoms with van der Waals surface area (Å²) in [6.45, 7) is 0. The normalized spacial score (nSPS) is 10.8. The average molecular weight is 648 g/mol. The van der Waals surface area contributed by atoms with Gasteiger partial charge in [0.15, 0.2) is 8.68 Å². The van der Waals surface area contributed by atoms with Crippen molar-refractivity contribution in [2.24, 2.45) is 0 Å². The van der Waals surface area contributed by atoms with Gasteiger partial charge in [-0.3, -0.25) is 20.2 Å². The molecule has 4 rings (SSSR count). The molecule has 0 bridgehead atoms. The Labute approximate surface area is 234 Å². The number of nitrogens with one attached hydrogen (secondary N) is 2. The lowest BCUT2D eigenvalue weighted by Crippen LogP contribution is -2.13. The molecule has 0 atom stereocenters. The van der Waals surface area contributed by atoms with Crippen LogP contribution in [-0.2, 0) is 10.5 Å². The molecule has 2 N–H and O–H groups in total. The van der Waals surface area contributed by atoms with E-state index >= 15 is 0 Å². The van der Waals surface area contributed by atoms with E-state index in [1.807, 2.05) is 18.2 Å². The predicted molar refractivity (Wildman–Crippen MR) is 147 cm³/mol. The first-order valence-corrected chi connectivity index (χ1v) is 14.7.